The summed E-state index contributed by atoms with van der Waals surface area (Å²) in [5.74, 6) is -0.217. The molecular formula is C14H13ClN2O2S. The Morgan fingerprint density at radius 3 is 3.00 bits per heavy atom. The van der Waals surface area contributed by atoms with Gasteiger partial charge in [-0.25, -0.2) is 14.8 Å². The standard InChI is InChI=1S/C14H13ClN2O2S/c1-3-19-14(18)8-5-10-9(4-7(8)2)11-12(15)16-6-17-13(11)20-10/h6H,3-5H2,1-2H3. The van der Waals surface area contributed by atoms with Crippen LogP contribution in [0.2, 0.25) is 5.15 Å². The molecule has 0 aliphatic heterocycles. The minimum Gasteiger partial charge on any atom is -0.463 e. The van der Waals surface area contributed by atoms with Crippen LogP contribution in [0, 0.1) is 0 Å². The maximum atomic E-state index is 12.0. The zero-order chi connectivity index (χ0) is 14.3. The molecule has 0 amide bonds. The lowest BCUT2D eigenvalue weighted by atomic mass is 9.91. The van der Waals surface area contributed by atoms with Crippen LogP contribution in [0.15, 0.2) is 17.5 Å². The highest BCUT2D eigenvalue weighted by atomic mass is 35.5. The number of halogens is 1. The molecule has 1 aliphatic carbocycles. The number of hydrogen-bond acceptors (Lipinski definition) is 5. The Labute approximate surface area is 125 Å². The van der Waals surface area contributed by atoms with Crippen LogP contribution in [-0.4, -0.2) is 22.5 Å². The summed E-state index contributed by atoms with van der Waals surface area (Å²) in [5, 5.41) is 1.41. The molecule has 0 spiro atoms. The molecule has 0 saturated heterocycles. The van der Waals surface area contributed by atoms with Crippen molar-refractivity contribution in [1.82, 2.24) is 9.97 Å². The lowest BCUT2D eigenvalue weighted by Gasteiger charge is -2.17. The minimum absolute atomic E-state index is 0.217. The molecule has 0 aromatic carbocycles. The van der Waals surface area contributed by atoms with Crippen molar-refractivity contribution in [3.63, 3.8) is 0 Å². The second kappa shape index (κ2) is 5.14. The Morgan fingerprint density at radius 1 is 1.45 bits per heavy atom. The largest absolute Gasteiger partial charge is 0.463 e. The molecule has 0 radical (unpaired) electrons. The number of aromatic nitrogens is 2. The molecule has 0 atom stereocenters. The monoisotopic (exact) mass is 308 g/mol. The lowest BCUT2D eigenvalue weighted by Crippen LogP contribution is -2.16. The quantitative estimate of drug-likeness (QED) is 0.631. The average molecular weight is 309 g/mol. The van der Waals surface area contributed by atoms with E-state index in [-0.39, 0.29) is 5.97 Å². The predicted molar refractivity (Wildman–Crippen MR) is 79.2 cm³/mol. The van der Waals surface area contributed by atoms with Gasteiger partial charge in [-0.05, 0) is 25.8 Å². The van der Waals surface area contributed by atoms with E-state index in [0.717, 1.165) is 31.8 Å². The van der Waals surface area contributed by atoms with Crippen molar-refractivity contribution in [2.24, 2.45) is 0 Å². The molecule has 4 nitrogen and oxygen atoms in total. The summed E-state index contributed by atoms with van der Waals surface area (Å²) < 4.78 is 5.12. The molecule has 2 heterocycles. The molecule has 0 bridgehead atoms. The Bertz CT molecular complexity index is 736. The molecule has 0 unspecified atom stereocenters. The molecule has 0 saturated carbocycles. The summed E-state index contributed by atoms with van der Waals surface area (Å²) in [5.41, 5.74) is 2.95. The van der Waals surface area contributed by atoms with E-state index in [0.29, 0.717) is 24.6 Å². The van der Waals surface area contributed by atoms with Crippen molar-refractivity contribution >= 4 is 39.1 Å². The highest BCUT2D eigenvalue weighted by molar-refractivity contribution is 7.19. The van der Waals surface area contributed by atoms with Crippen LogP contribution in [0.3, 0.4) is 0 Å². The third-order valence-corrected chi connectivity index (χ3v) is 4.87. The van der Waals surface area contributed by atoms with Gasteiger partial charge in [-0.1, -0.05) is 17.2 Å². The molecule has 3 rings (SSSR count). The highest BCUT2D eigenvalue weighted by Gasteiger charge is 2.26. The number of carbonyl (C=O) groups is 1. The molecule has 2 aromatic rings. The number of carbonyl (C=O) groups excluding carboxylic acids is 1. The highest BCUT2D eigenvalue weighted by Crippen LogP contribution is 2.39. The average Bonchev–Trinajstić information content (AvgIpc) is 2.76. The maximum absolute atomic E-state index is 12.0. The van der Waals surface area contributed by atoms with Gasteiger partial charge in [-0.2, -0.15) is 0 Å². The van der Waals surface area contributed by atoms with E-state index < -0.39 is 0 Å². The summed E-state index contributed by atoms with van der Waals surface area (Å²) in [6.45, 7) is 4.18. The van der Waals surface area contributed by atoms with Gasteiger partial charge in [0, 0.05) is 16.9 Å². The number of fused-ring (bicyclic) bond motifs is 3. The van der Waals surface area contributed by atoms with E-state index >= 15 is 0 Å². The van der Waals surface area contributed by atoms with Crippen molar-refractivity contribution < 1.29 is 9.53 Å². The first kappa shape index (κ1) is 13.5. The molecule has 20 heavy (non-hydrogen) atoms. The second-order valence-corrected chi connectivity index (χ2v) is 6.12. The summed E-state index contributed by atoms with van der Waals surface area (Å²) in [7, 11) is 0. The van der Waals surface area contributed by atoms with Crippen molar-refractivity contribution in [3.8, 4) is 0 Å². The third-order valence-electron chi connectivity index (χ3n) is 3.44. The van der Waals surface area contributed by atoms with Crippen LogP contribution < -0.4 is 0 Å². The lowest BCUT2D eigenvalue weighted by molar-refractivity contribution is -0.138. The molecular weight excluding hydrogens is 296 g/mol. The zero-order valence-corrected chi connectivity index (χ0v) is 12.8. The van der Waals surface area contributed by atoms with Gasteiger partial charge in [0.2, 0.25) is 0 Å². The first-order chi connectivity index (χ1) is 9.61. The normalized spacial score (nSPS) is 14.6. The Kier molecular flexibility index (Phi) is 3.48. The van der Waals surface area contributed by atoms with Crippen LogP contribution in [0.25, 0.3) is 10.2 Å². The van der Waals surface area contributed by atoms with Gasteiger partial charge in [0.25, 0.3) is 0 Å². The first-order valence-electron chi connectivity index (χ1n) is 6.38. The zero-order valence-electron chi connectivity index (χ0n) is 11.2. The molecule has 0 fully saturated rings. The predicted octanol–water partition coefficient (Wildman–Crippen LogP) is 3.32. The van der Waals surface area contributed by atoms with Gasteiger partial charge in [-0.15, -0.1) is 11.3 Å². The smallest absolute Gasteiger partial charge is 0.334 e. The summed E-state index contributed by atoms with van der Waals surface area (Å²) >= 11 is 7.76. The van der Waals surface area contributed by atoms with E-state index in [2.05, 4.69) is 9.97 Å². The second-order valence-electron chi connectivity index (χ2n) is 4.68. The molecule has 6 heteroatoms. The van der Waals surface area contributed by atoms with E-state index in [9.17, 15) is 4.79 Å². The fourth-order valence-corrected chi connectivity index (χ4v) is 3.95. The fourth-order valence-electron chi connectivity index (χ4n) is 2.48. The van der Waals surface area contributed by atoms with Crippen molar-refractivity contribution in [3.05, 3.63) is 33.1 Å². The summed E-state index contributed by atoms with van der Waals surface area (Å²) in [4.78, 5) is 22.3. The summed E-state index contributed by atoms with van der Waals surface area (Å²) in [6.07, 6.45) is 2.77. The SMILES string of the molecule is CCOC(=O)C1=C(C)Cc2c(sc3ncnc(Cl)c23)C1. The van der Waals surface area contributed by atoms with Gasteiger partial charge in [0.1, 0.15) is 16.3 Å². The molecule has 2 aromatic heterocycles. The van der Waals surface area contributed by atoms with Gasteiger partial charge < -0.3 is 4.74 Å². The van der Waals surface area contributed by atoms with Crippen LogP contribution in [-0.2, 0) is 22.4 Å². The Balaban J connectivity index is 2.07. The molecule has 104 valence electrons. The summed E-state index contributed by atoms with van der Waals surface area (Å²) in [6, 6.07) is 0. The van der Waals surface area contributed by atoms with E-state index in [1.165, 1.54) is 6.33 Å². The van der Waals surface area contributed by atoms with Crippen molar-refractivity contribution in [2.45, 2.75) is 26.7 Å². The first-order valence-corrected chi connectivity index (χ1v) is 7.57. The number of nitrogens with zero attached hydrogens (tertiary/aromatic N) is 2. The van der Waals surface area contributed by atoms with Crippen LogP contribution in [0.1, 0.15) is 24.3 Å². The third kappa shape index (κ3) is 2.11. The molecule has 1 aliphatic rings. The van der Waals surface area contributed by atoms with Crippen LogP contribution >= 0.6 is 22.9 Å². The van der Waals surface area contributed by atoms with Crippen molar-refractivity contribution in [1.29, 1.82) is 0 Å². The van der Waals surface area contributed by atoms with E-state index in [4.69, 9.17) is 16.3 Å². The molecule has 0 N–H and O–H groups in total. The number of esters is 1. The Hall–Kier alpha value is -1.46. The Morgan fingerprint density at radius 2 is 2.25 bits per heavy atom. The number of hydrogen-bond donors (Lipinski definition) is 0. The van der Waals surface area contributed by atoms with Gasteiger partial charge in [-0.3, -0.25) is 0 Å². The van der Waals surface area contributed by atoms with Gasteiger partial charge in [0.15, 0.2) is 0 Å². The fraction of sp³-hybridized carbons (Fsp3) is 0.357. The van der Waals surface area contributed by atoms with Crippen LogP contribution in [0.5, 0.6) is 0 Å². The maximum Gasteiger partial charge on any atom is 0.334 e. The van der Waals surface area contributed by atoms with Gasteiger partial charge in [0.05, 0.1) is 12.0 Å². The minimum atomic E-state index is -0.217. The van der Waals surface area contributed by atoms with Crippen molar-refractivity contribution in [2.75, 3.05) is 6.61 Å². The number of rotatable bonds is 2. The van der Waals surface area contributed by atoms with E-state index in [1.54, 1.807) is 11.3 Å². The van der Waals surface area contributed by atoms with E-state index in [1.807, 2.05) is 13.8 Å². The van der Waals surface area contributed by atoms with Crippen LogP contribution in [0.4, 0.5) is 0 Å². The topological polar surface area (TPSA) is 52.1 Å². The number of ether oxygens (including phenoxy) is 1. The number of allylic oxidation sites excluding steroid dienone is 1. The number of thiophene rings is 1. The van der Waals surface area contributed by atoms with Gasteiger partial charge >= 0.3 is 5.97 Å².